The van der Waals surface area contributed by atoms with E-state index in [2.05, 4.69) is 34.8 Å². The van der Waals surface area contributed by atoms with E-state index in [9.17, 15) is 0 Å². The molecule has 1 aromatic rings. The smallest absolute Gasteiger partial charge is 0.137 e. The fourth-order valence-electron chi connectivity index (χ4n) is 1.87. The molecule has 18 heavy (non-hydrogen) atoms. The molecule has 0 N–H and O–H groups in total. The molecule has 0 saturated heterocycles. The van der Waals surface area contributed by atoms with Gasteiger partial charge in [-0.1, -0.05) is 32.4 Å². The van der Waals surface area contributed by atoms with Crippen LogP contribution in [0.3, 0.4) is 0 Å². The first-order valence-electron chi connectivity index (χ1n) is 6.21. The minimum absolute atomic E-state index is 0.484. The summed E-state index contributed by atoms with van der Waals surface area (Å²) in [5, 5.41) is 9.25. The molecular weight excluding hydrogens is 248 g/mol. The first-order chi connectivity index (χ1) is 8.60. The molecule has 0 amide bonds. The van der Waals surface area contributed by atoms with Gasteiger partial charge >= 0.3 is 0 Å². The summed E-state index contributed by atoms with van der Waals surface area (Å²) >= 11 is 6.10. The van der Waals surface area contributed by atoms with Crippen molar-refractivity contribution in [2.75, 3.05) is 18.0 Å². The molecule has 5 heteroatoms. The Morgan fingerprint density at radius 2 is 2.17 bits per heavy atom. The van der Waals surface area contributed by atoms with Crippen molar-refractivity contribution in [3.63, 3.8) is 0 Å². The molecule has 1 heterocycles. The highest BCUT2D eigenvalue weighted by molar-refractivity contribution is 6.30. The van der Waals surface area contributed by atoms with Crippen LogP contribution in [0.4, 0.5) is 5.82 Å². The molecule has 0 aliphatic heterocycles. The fraction of sp³-hybridized carbons (Fsp3) is 0.615. The molecule has 0 saturated carbocycles. The molecule has 0 aliphatic carbocycles. The number of hydrogen-bond donors (Lipinski definition) is 0. The molecule has 0 fully saturated rings. The van der Waals surface area contributed by atoms with Crippen molar-refractivity contribution in [2.45, 2.75) is 33.6 Å². The molecule has 98 valence electrons. The average molecular weight is 267 g/mol. The zero-order valence-electron chi connectivity index (χ0n) is 11.1. The Morgan fingerprint density at radius 1 is 1.44 bits per heavy atom. The summed E-state index contributed by atoms with van der Waals surface area (Å²) in [5.41, 5.74) is 0.956. The Morgan fingerprint density at radius 3 is 2.72 bits per heavy atom. The monoisotopic (exact) mass is 266 g/mol. The van der Waals surface area contributed by atoms with Crippen molar-refractivity contribution in [2.24, 2.45) is 5.92 Å². The van der Waals surface area contributed by atoms with Gasteiger partial charge in [0, 0.05) is 18.7 Å². The maximum absolute atomic E-state index is 8.74. The van der Waals surface area contributed by atoms with Crippen LogP contribution in [0.2, 0.25) is 5.15 Å². The van der Waals surface area contributed by atoms with Crippen LogP contribution in [0.1, 0.15) is 32.8 Å². The van der Waals surface area contributed by atoms with Gasteiger partial charge in [0.15, 0.2) is 0 Å². The second-order valence-corrected chi connectivity index (χ2v) is 4.93. The van der Waals surface area contributed by atoms with Crippen molar-refractivity contribution >= 4 is 17.4 Å². The number of anilines is 1. The van der Waals surface area contributed by atoms with E-state index in [0.717, 1.165) is 24.3 Å². The summed E-state index contributed by atoms with van der Waals surface area (Å²) in [6, 6.07) is 2.18. The van der Waals surface area contributed by atoms with Gasteiger partial charge in [0.1, 0.15) is 17.3 Å². The van der Waals surface area contributed by atoms with E-state index in [0.29, 0.717) is 24.0 Å². The fourth-order valence-corrected chi connectivity index (χ4v) is 2.13. The lowest BCUT2D eigenvalue weighted by Crippen LogP contribution is -2.30. The van der Waals surface area contributed by atoms with E-state index >= 15 is 0 Å². The predicted molar refractivity (Wildman–Crippen MR) is 73.7 cm³/mol. The summed E-state index contributed by atoms with van der Waals surface area (Å²) in [5.74, 6) is 1.36. The van der Waals surface area contributed by atoms with Gasteiger partial charge in [0.25, 0.3) is 0 Å². The van der Waals surface area contributed by atoms with E-state index in [1.165, 1.54) is 6.33 Å². The van der Waals surface area contributed by atoms with Crippen LogP contribution < -0.4 is 4.90 Å². The molecular formula is C13H19ClN4. The lowest BCUT2D eigenvalue weighted by molar-refractivity contribution is 0.605. The largest absolute Gasteiger partial charge is 0.355 e. The Kier molecular flexibility index (Phi) is 5.87. The van der Waals surface area contributed by atoms with Gasteiger partial charge in [-0.2, -0.15) is 5.26 Å². The van der Waals surface area contributed by atoms with Crippen LogP contribution >= 0.6 is 11.6 Å². The average Bonchev–Trinajstić information content (AvgIpc) is 2.33. The molecule has 4 nitrogen and oxygen atoms in total. The van der Waals surface area contributed by atoms with Crippen LogP contribution in [0.5, 0.6) is 0 Å². The van der Waals surface area contributed by atoms with Crippen molar-refractivity contribution in [3.8, 4) is 6.07 Å². The molecule has 0 spiro atoms. The van der Waals surface area contributed by atoms with E-state index in [4.69, 9.17) is 16.9 Å². The SMILES string of the molecule is CCc1c(Cl)ncnc1N(CCC#N)CC(C)C. The highest BCUT2D eigenvalue weighted by atomic mass is 35.5. The Hall–Kier alpha value is -1.34. The van der Waals surface area contributed by atoms with Gasteiger partial charge < -0.3 is 4.90 Å². The highest BCUT2D eigenvalue weighted by Gasteiger charge is 2.16. The zero-order valence-corrected chi connectivity index (χ0v) is 11.9. The summed E-state index contributed by atoms with van der Waals surface area (Å²) in [6.45, 7) is 7.87. The van der Waals surface area contributed by atoms with Crippen LogP contribution in [0, 0.1) is 17.2 Å². The molecule has 0 radical (unpaired) electrons. The first kappa shape index (κ1) is 14.7. The third-order valence-electron chi connectivity index (χ3n) is 2.60. The third kappa shape index (κ3) is 3.85. The Labute approximate surface area is 114 Å². The van der Waals surface area contributed by atoms with Gasteiger partial charge in [-0.15, -0.1) is 0 Å². The van der Waals surface area contributed by atoms with Crippen molar-refractivity contribution < 1.29 is 0 Å². The van der Waals surface area contributed by atoms with Crippen LogP contribution in [0.25, 0.3) is 0 Å². The van der Waals surface area contributed by atoms with Gasteiger partial charge in [-0.05, 0) is 12.3 Å². The summed E-state index contributed by atoms with van der Waals surface area (Å²) < 4.78 is 0. The normalized spacial score (nSPS) is 10.4. The van der Waals surface area contributed by atoms with Crippen molar-refractivity contribution in [3.05, 3.63) is 17.0 Å². The Balaban J connectivity index is 3.04. The first-order valence-corrected chi connectivity index (χ1v) is 6.59. The third-order valence-corrected chi connectivity index (χ3v) is 2.93. The number of halogens is 1. The van der Waals surface area contributed by atoms with Crippen LogP contribution in [-0.4, -0.2) is 23.1 Å². The van der Waals surface area contributed by atoms with Crippen molar-refractivity contribution in [1.29, 1.82) is 5.26 Å². The second-order valence-electron chi connectivity index (χ2n) is 4.57. The molecule has 0 aromatic carbocycles. The molecule has 0 aliphatic rings. The zero-order chi connectivity index (χ0) is 13.5. The maximum Gasteiger partial charge on any atom is 0.137 e. The van der Waals surface area contributed by atoms with E-state index in [1.54, 1.807) is 0 Å². The number of aromatic nitrogens is 2. The number of rotatable bonds is 6. The number of nitrogens with zero attached hydrogens (tertiary/aromatic N) is 4. The van der Waals surface area contributed by atoms with Gasteiger partial charge in [0.05, 0.1) is 12.5 Å². The highest BCUT2D eigenvalue weighted by Crippen LogP contribution is 2.24. The minimum atomic E-state index is 0.484. The number of nitriles is 1. The molecule has 0 bridgehead atoms. The lowest BCUT2D eigenvalue weighted by atomic mass is 10.1. The summed E-state index contributed by atoms with van der Waals surface area (Å²) in [6.07, 6.45) is 2.75. The predicted octanol–water partition coefficient (Wildman–Crippen LogP) is 3.07. The minimum Gasteiger partial charge on any atom is -0.355 e. The van der Waals surface area contributed by atoms with Crippen LogP contribution in [-0.2, 0) is 6.42 Å². The Bertz CT molecular complexity index is 425. The van der Waals surface area contributed by atoms with Gasteiger partial charge in [0.2, 0.25) is 0 Å². The second kappa shape index (κ2) is 7.17. The van der Waals surface area contributed by atoms with E-state index in [1.807, 2.05) is 6.92 Å². The molecule has 0 atom stereocenters. The standard InChI is InChI=1S/C13H19ClN4/c1-4-11-12(14)16-9-17-13(11)18(7-5-6-15)8-10(2)3/h9-10H,4-5,7-8H2,1-3H3. The lowest BCUT2D eigenvalue weighted by Gasteiger charge is -2.26. The quantitative estimate of drug-likeness (QED) is 0.743. The maximum atomic E-state index is 8.74. The van der Waals surface area contributed by atoms with Crippen LogP contribution in [0.15, 0.2) is 6.33 Å². The van der Waals surface area contributed by atoms with Gasteiger partial charge in [-0.25, -0.2) is 9.97 Å². The van der Waals surface area contributed by atoms with E-state index in [-0.39, 0.29) is 0 Å². The van der Waals surface area contributed by atoms with Gasteiger partial charge in [-0.3, -0.25) is 0 Å². The topological polar surface area (TPSA) is 52.8 Å². The van der Waals surface area contributed by atoms with E-state index < -0.39 is 0 Å². The summed E-state index contributed by atoms with van der Waals surface area (Å²) in [4.78, 5) is 10.5. The number of hydrogen-bond acceptors (Lipinski definition) is 4. The molecule has 1 rings (SSSR count). The van der Waals surface area contributed by atoms with Crippen molar-refractivity contribution in [1.82, 2.24) is 9.97 Å². The molecule has 1 aromatic heterocycles. The summed E-state index contributed by atoms with van der Waals surface area (Å²) in [7, 11) is 0. The molecule has 0 unspecified atom stereocenters.